The summed E-state index contributed by atoms with van der Waals surface area (Å²) in [7, 11) is 0. The lowest BCUT2D eigenvalue weighted by atomic mass is 9.95. The van der Waals surface area contributed by atoms with Crippen LogP contribution in [-0.4, -0.2) is 23.9 Å². The molecule has 0 aromatic heterocycles. The van der Waals surface area contributed by atoms with E-state index in [2.05, 4.69) is 10.6 Å². The Morgan fingerprint density at radius 2 is 1.71 bits per heavy atom. The van der Waals surface area contributed by atoms with Crippen molar-refractivity contribution in [3.8, 4) is 0 Å². The summed E-state index contributed by atoms with van der Waals surface area (Å²) in [6.45, 7) is 2.98. The number of rotatable bonds is 5. The van der Waals surface area contributed by atoms with Crippen molar-refractivity contribution >= 4 is 29.2 Å². The molecule has 1 aromatic rings. The van der Waals surface area contributed by atoms with Crippen molar-refractivity contribution in [1.29, 1.82) is 0 Å². The Labute approximate surface area is 141 Å². The second-order valence-corrected chi connectivity index (χ2v) is 5.81. The van der Waals surface area contributed by atoms with Crippen LogP contribution in [0.25, 0.3) is 0 Å². The van der Waals surface area contributed by atoms with Crippen molar-refractivity contribution < 1.29 is 19.1 Å². The summed E-state index contributed by atoms with van der Waals surface area (Å²) in [5, 5.41) is 5.33. The minimum absolute atomic E-state index is 0.162. The summed E-state index contributed by atoms with van der Waals surface area (Å²) in [5.74, 6) is -1.04. The maximum atomic E-state index is 12.1. The van der Waals surface area contributed by atoms with Gasteiger partial charge in [-0.2, -0.15) is 0 Å². The molecule has 0 unspecified atom stereocenters. The maximum Gasteiger partial charge on any atom is 0.310 e. The smallest absolute Gasteiger partial charge is 0.310 e. The van der Waals surface area contributed by atoms with Crippen LogP contribution in [0.15, 0.2) is 36.4 Å². The molecule has 0 saturated carbocycles. The summed E-state index contributed by atoms with van der Waals surface area (Å²) in [5.41, 5.74) is 1.21. The summed E-state index contributed by atoms with van der Waals surface area (Å²) >= 11 is 0. The molecular weight excluding hydrogens is 308 g/mol. The molecule has 2 atom stereocenters. The number of hydrogen-bond acceptors (Lipinski definition) is 4. The lowest BCUT2D eigenvalue weighted by Crippen LogP contribution is -2.32. The normalized spacial score (nSPS) is 17.7. The quantitative estimate of drug-likeness (QED) is 0.642. The van der Waals surface area contributed by atoms with E-state index in [0.29, 0.717) is 17.8 Å². The fraction of sp³-hybridized carbons (Fsp3) is 0.389. The van der Waals surface area contributed by atoms with E-state index in [9.17, 15) is 14.4 Å². The predicted octanol–water partition coefficient (Wildman–Crippen LogP) is 2.87. The number of anilines is 2. The van der Waals surface area contributed by atoms with Gasteiger partial charge >= 0.3 is 5.97 Å². The molecule has 0 radical (unpaired) electrons. The van der Waals surface area contributed by atoms with Crippen LogP contribution in [-0.2, 0) is 19.1 Å². The zero-order valence-corrected chi connectivity index (χ0v) is 13.9. The first kappa shape index (κ1) is 17.7. The van der Waals surface area contributed by atoms with Crippen molar-refractivity contribution in [1.82, 2.24) is 0 Å². The van der Waals surface area contributed by atoms with E-state index in [4.69, 9.17) is 4.74 Å². The number of carbonyl (C=O) groups excluding carboxylic acids is 3. The molecule has 128 valence electrons. The minimum Gasteiger partial charge on any atom is -0.452 e. The second kappa shape index (κ2) is 8.29. The van der Waals surface area contributed by atoms with E-state index >= 15 is 0 Å². The Morgan fingerprint density at radius 3 is 2.25 bits per heavy atom. The van der Waals surface area contributed by atoms with Crippen LogP contribution >= 0.6 is 0 Å². The number of esters is 1. The Hall–Kier alpha value is -2.63. The topological polar surface area (TPSA) is 84.5 Å². The molecule has 1 aliphatic carbocycles. The highest BCUT2D eigenvalue weighted by Crippen LogP contribution is 2.20. The fourth-order valence-corrected chi connectivity index (χ4v) is 2.42. The number of benzene rings is 1. The van der Waals surface area contributed by atoms with Crippen molar-refractivity contribution in [3.63, 3.8) is 0 Å². The highest BCUT2D eigenvalue weighted by Gasteiger charge is 2.25. The van der Waals surface area contributed by atoms with Gasteiger partial charge in [0, 0.05) is 18.3 Å². The molecule has 0 heterocycles. The number of carbonyl (C=O) groups is 3. The van der Waals surface area contributed by atoms with Gasteiger partial charge in [-0.3, -0.25) is 14.4 Å². The number of nitrogens with one attached hydrogen (secondary N) is 2. The third kappa shape index (κ3) is 5.22. The summed E-state index contributed by atoms with van der Waals surface area (Å²) in [6.07, 6.45) is 5.44. The summed E-state index contributed by atoms with van der Waals surface area (Å²) in [6, 6.07) is 6.71. The van der Waals surface area contributed by atoms with E-state index in [-0.39, 0.29) is 23.7 Å². The zero-order chi connectivity index (χ0) is 17.5. The lowest BCUT2D eigenvalue weighted by Gasteiger charge is -2.19. The first-order valence-corrected chi connectivity index (χ1v) is 7.99. The van der Waals surface area contributed by atoms with Crippen molar-refractivity contribution in [2.45, 2.75) is 39.2 Å². The Morgan fingerprint density at radius 1 is 1.08 bits per heavy atom. The average Bonchev–Trinajstić information content (AvgIpc) is 2.56. The largest absolute Gasteiger partial charge is 0.452 e. The number of allylic oxidation sites excluding steroid dienone is 2. The molecular formula is C18H22N2O4. The zero-order valence-electron chi connectivity index (χ0n) is 13.9. The molecule has 2 rings (SSSR count). The van der Waals surface area contributed by atoms with Crippen LogP contribution in [0.2, 0.25) is 0 Å². The Kier molecular flexibility index (Phi) is 6.12. The molecule has 24 heavy (non-hydrogen) atoms. The first-order valence-electron chi connectivity index (χ1n) is 7.99. The van der Waals surface area contributed by atoms with Crippen molar-refractivity contribution in [2.75, 3.05) is 10.6 Å². The van der Waals surface area contributed by atoms with Gasteiger partial charge in [0.15, 0.2) is 6.10 Å². The third-order valence-corrected chi connectivity index (χ3v) is 3.74. The Balaban J connectivity index is 1.85. The molecule has 0 aliphatic heterocycles. The molecule has 0 bridgehead atoms. The monoisotopic (exact) mass is 330 g/mol. The van der Waals surface area contributed by atoms with Gasteiger partial charge in [-0.25, -0.2) is 0 Å². The van der Waals surface area contributed by atoms with Gasteiger partial charge in [-0.15, -0.1) is 0 Å². The number of hydrogen-bond donors (Lipinski definition) is 2. The summed E-state index contributed by atoms with van der Waals surface area (Å²) < 4.78 is 5.26. The molecule has 1 aromatic carbocycles. The molecule has 0 saturated heterocycles. The number of ether oxygens (including phenoxy) is 1. The Bertz CT molecular complexity index is 637. The first-order chi connectivity index (χ1) is 11.5. The van der Waals surface area contributed by atoms with Crippen LogP contribution in [0.4, 0.5) is 11.4 Å². The third-order valence-electron chi connectivity index (χ3n) is 3.74. The van der Waals surface area contributed by atoms with E-state index in [1.807, 2.05) is 12.2 Å². The van der Waals surface area contributed by atoms with Gasteiger partial charge in [0.1, 0.15) is 0 Å². The summed E-state index contributed by atoms with van der Waals surface area (Å²) in [4.78, 5) is 35.1. The van der Waals surface area contributed by atoms with E-state index in [1.54, 1.807) is 31.2 Å². The van der Waals surface area contributed by atoms with Gasteiger partial charge in [0.2, 0.25) is 5.91 Å². The fourth-order valence-electron chi connectivity index (χ4n) is 2.42. The predicted molar refractivity (Wildman–Crippen MR) is 91.4 cm³/mol. The van der Waals surface area contributed by atoms with Crippen LogP contribution in [0, 0.1) is 5.92 Å². The maximum absolute atomic E-state index is 12.1. The van der Waals surface area contributed by atoms with Crippen molar-refractivity contribution in [2.24, 2.45) is 5.92 Å². The molecule has 1 aliphatic rings. The highest BCUT2D eigenvalue weighted by molar-refractivity contribution is 5.95. The second-order valence-electron chi connectivity index (χ2n) is 5.81. The van der Waals surface area contributed by atoms with Gasteiger partial charge < -0.3 is 15.4 Å². The van der Waals surface area contributed by atoms with Crippen LogP contribution in [0.5, 0.6) is 0 Å². The van der Waals surface area contributed by atoms with E-state index in [0.717, 1.165) is 12.8 Å². The van der Waals surface area contributed by atoms with Crippen molar-refractivity contribution in [3.05, 3.63) is 36.4 Å². The molecule has 2 N–H and O–H groups in total. The molecule has 0 spiro atoms. The lowest BCUT2D eigenvalue weighted by molar-refractivity contribution is -0.157. The molecule has 2 amide bonds. The van der Waals surface area contributed by atoms with Crippen LogP contribution in [0.3, 0.4) is 0 Å². The standard InChI is InChI=1S/C18H22N2O4/c1-12(24-18(23)14-6-4-3-5-7-14)17(22)20-16-10-8-15(9-11-16)19-13(2)21/h3-4,8-12,14H,5-7H2,1-2H3,(H,19,21)(H,20,22)/t12-,14-/m1/s1. The van der Waals surface area contributed by atoms with Crippen LogP contribution < -0.4 is 10.6 Å². The van der Waals surface area contributed by atoms with E-state index in [1.165, 1.54) is 6.92 Å². The molecule has 6 heteroatoms. The van der Waals surface area contributed by atoms with E-state index < -0.39 is 6.10 Å². The van der Waals surface area contributed by atoms with Gasteiger partial charge in [-0.05, 0) is 50.5 Å². The molecule has 6 nitrogen and oxygen atoms in total. The van der Waals surface area contributed by atoms with Gasteiger partial charge in [0.05, 0.1) is 5.92 Å². The SMILES string of the molecule is CC(=O)Nc1ccc(NC(=O)[C@@H](C)OC(=O)[C@@H]2CC=CCC2)cc1. The van der Waals surface area contributed by atoms with Gasteiger partial charge in [0.25, 0.3) is 5.91 Å². The van der Waals surface area contributed by atoms with Gasteiger partial charge in [-0.1, -0.05) is 12.2 Å². The highest BCUT2D eigenvalue weighted by atomic mass is 16.5. The molecule has 0 fully saturated rings. The minimum atomic E-state index is -0.863. The average molecular weight is 330 g/mol. The number of amides is 2. The van der Waals surface area contributed by atoms with Crippen LogP contribution in [0.1, 0.15) is 33.1 Å².